The molecule has 1 aromatic carbocycles. The number of benzene rings is 1. The topological polar surface area (TPSA) is 54.9 Å². The highest BCUT2D eigenvalue weighted by Gasteiger charge is 2.31. The van der Waals surface area contributed by atoms with Crippen LogP contribution in [-0.2, 0) is 11.0 Å². The number of pyridine rings is 1. The first-order valence-electron chi connectivity index (χ1n) is 10.5. The summed E-state index contributed by atoms with van der Waals surface area (Å²) in [5, 5.41) is 0.387. The number of rotatable bonds is 6. The Morgan fingerprint density at radius 3 is 2.64 bits per heavy atom. The maximum absolute atomic E-state index is 12.8. The van der Waals surface area contributed by atoms with Crippen molar-refractivity contribution in [2.75, 3.05) is 44.8 Å². The van der Waals surface area contributed by atoms with Gasteiger partial charge in [-0.2, -0.15) is 13.2 Å². The molecule has 33 heavy (non-hydrogen) atoms. The number of hydrogen-bond donors (Lipinski definition) is 0. The van der Waals surface area contributed by atoms with Crippen molar-refractivity contribution in [2.24, 2.45) is 0 Å². The maximum atomic E-state index is 12.8. The average molecular weight is 484 g/mol. The molecule has 0 unspecified atom stereocenters. The van der Waals surface area contributed by atoms with E-state index in [9.17, 15) is 18.0 Å². The Kier molecular flexibility index (Phi) is 8.07. The molecule has 0 bridgehead atoms. The largest absolute Gasteiger partial charge is 0.493 e. The van der Waals surface area contributed by atoms with Crippen LogP contribution in [0, 0.1) is 0 Å². The molecular formula is C23H25ClF3N3O3. The molecular weight excluding hydrogens is 459 g/mol. The third-order valence-electron chi connectivity index (χ3n) is 5.17. The molecule has 6 nitrogen and oxygen atoms in total. The Hall–Kier alpha value is -2.94. The van der Waals surface area contributed by atoms with Crippen molar-refractivity contribution in [3.8, 4) is 11.5 Å². The van der Waals surface area contributed by atoms with Crippen molar-refractivity contribution in [1.82, 2.24) is 9.88 Å². The fourth-order valence-corrected chi connectivity index (χ4v) is 3.77. The van der Waals surface area contributed by atoms with Crippen molar-refractivity contribution in [2.45, 2.75) is 19.5 Å². The first-order valence-corrected chi connectivity index (χ1v) is 10.9. The fraction of sp³-hybridized carbons (Fsp3) is 0.391. The lowest BCUT2D eigenvalue weighted by Crippen LogP contribution is -2.34. The van der Waals surface area contributed by atoms with Gasteiger partial charge in [-0.3, -0.25) is 4.79 Å². The van der Waals surface area contributed by atoms with Crippen molar-refractivity contribution in [3.05, 3.63) is 52.7 Å². The van der Waals surface area contributed by atoms with Gasteiger partial charge in [-0.15, -0.1) is 0 Å². The van der Waals surface area contributed by atoms with Crippen LogP contribution in [0.4, 0.5) is 19.0 Å². The lowest BCUT2D eigenvalue weighted by atomic mass is 10.1. The van der Waals surface area contributed by atoms with Gasteiger partial charge in [0.15, 0.2) is 11.5 Å². The third-order valence-corrected chi connectivity index (χ3v) is 5.45. The quantitative estimate of drug-likeness (QED) is 0.546. The van der Waals surface area contributed by atoms with Gasteiger partial charge in [0.2, 0.25) is 5.91 Å². The summed E-state index contributed by atoms with van der Waals surface area (Å²) in [7, 11) is 1.52. The van der Waals surface area contributed by atoms with Crippen LogP contribution >= 0.6 is 11.6 Å². The Balaban J connectivity index is 1.64. The number of alkyl halides is 3. The van der Waals surface area contributed by atoms with Gasteiger partial charge in [-0.1, -0.05) is 11.6 Å². The summed E-state index contributed by atoms with van der Waals surface area (Å²) in [6.07, 6.45) is 0.217. The van der Waals surface area contributed by atoms with Crippen LogP contribution in [0.3, 0.4) is 0 Å². The summed E-state index contributed by atoms with van der Waals surface area (Å²) >= 11 is 6.28. The number of aromatic nitrogens is 1. The summed E-state index contributed by atoms with van der Waals surface area (Å²) in [5.74, 6) is 1.23. The zero-order chi connectivity index (χ0) is 24.0. The van der Waals surface area contributed by atoms with Gasteiger partial charge in [-0.05, 0) is 49.2 Å². The third kappa shape index (κ3) is 6.31. The summed E-state index contributed by atoms with van der Waals surface area (Å²) < 4.78 is 49.1. The molecule has 0 atom stereocenters. The van der Waals surface area contributed by atoms with Crippen molar-refractivity contribution < 1.29 is 27.4 Å². The highest BCUT2D eigenvalue weighted by molar-refractivity contribution is 6.32. The second-order valence-corrected chi connectivity index (χ2v) is 7.78. The minimum Gasteiger partial charge on any atom is -0.493 e. The van der Waals surface area contributed by atoms with Gasteiger partial charge < -0.3 is 19.3 Å². The van der Waals surface area contributed by atoms with E-state index >= 15 is 0 Å². The number of carbonyl (C=O) groups excluding carboxylic acids is 1. The van der Waals surface area contributed by atoms with Crippen LogP contribution in [0.15, 0.2) is 36.5 Å². The van der Waals surface area contributed by atoms with E-state index in [4.69, 9.17) is 21.1 Å². The number of amides is 1. The Labute approximate surface area is 195 Å². The van der Waals surface area contributed by atoms with Crippen LogP contribution in [0.1, 0.15) is 24.5 Å². The molecule has 1 saturated heterocycles. The standard InChI is InChI=1S/C23H25ClF3N3O3/c1-3-33-22-18(24)13-16(14-19(22)32-2)5-8-21(31)30-10-4-9-29(11-12-30)20-7-6-17(15-28-20)23(25,26)27/h5-8,13-15H,3-4,9-12H2,1-2H3/b8-5+. The number of methoxy groups -OCH3 is 1. The normalized spacial score (nSPS) is 15.0. The minimum atomic E-state index is -4.42. The highest BCUT2D eigenvalue weighted by atomic mass is 35.5. The number of anilines is 1. The lowest BCUT2D eigenvalue weighted by molar-refractivity contribution is -0.137. The summed E-state index contributed by atoms with van der Waals surface area (Å²) in [4.78, 5) is 20.3. The Morgan fingerprint density at radius 1 is 1.21 bits per heavy atom. The molecule has 1 amide bonds. The molecule has 2 aromatic rings. The lowest BCUT2D eigenvalue weighted by Gasteiger charge is -2.22. The number of hydrogen-bond acceptors (Lipinski definition) is 5. The zero-order valence-corrected chi connectivity index (χ0v) is 19.1. The van der Waals surface area contributed by atoms with Crippen molar-refractivity contribution >= 4 is 29.4 Å². The van der Waals surface area contributed by atoms with Crippen molar-refractivity contribution in [1.29, 1.82) is 0 Å². The first-order chi connectivity index (χ1) is 15.7. The van der Waals surface area contributed by atoms with E-state index < -0.39 is 11.7 Å². The smallest absolute Gasteiger partial charge is 0.417 e. The van der Waals surface area contributed by atoms with Gasteiger partial charge in [0, 0.05) is 38.5 Å². The molecule has 0 saturated carbocycles. The van der Waals surface area contributed by atoms with Crippen LogP contribution in [-0.4, -0.2) is 55.7 Å². The Morgan fingerprint density at radius 2 is 2.00 bits per heavy atom. The zero-order valence-electron chi connectivity index (χ0n) is 18.4. The first kappa shape index (κ1) is 24.7. The SMILES string of the molecule is CCOc1c(Cl)cc(/C=C/C(=O)N2CCCN(c3ccc(C(F)(F)F)cn3)CC2)cc1OC. The molecule has 178 valence electrons. The molecule has 2 heterocycles. The molecule has 0 spiro atoms. The molecule has 1 aromatic heterocycles. The average Bonchev–Trinajstić information content (AvgIpc) is 3.05. The molecule has 1 aliphatic heterocycles. The monoisotopic (exact) mass is 483 g/mol. The van der Waals surface area contributed by atoms with E-state index in [1.807, 2.05) is 11.8 Å². The van der Waals surface area contributed by atoms with Crippen LogP contribution in [0.25, 0.3) is 6.08 Å². The molecule has 1 aliphatic rings. The molecule has 3 rings (SSSR count). The minimum absolute atomic E-state index is 0.166. The van der Waals surface area contributed by atoms with E-state index in [1.165, 1.54) is 19.3 Å². The molecule has 0 N–H and O–H groups in total. The number of carbonyl (C=O) groups is 1. The van der Waals surface area contributed by atoms with E-state index in [0.29, 0.717) is 67.1 Å². The maximum Gasteiger partial charge on any atom is 0.417 e. The van der Waals surface area contributed by atoms with Gasteiger partial charge in [0.1, 0.15) is 5.82 Å². The van der Waals surface area contributed by atoms with Gasteiger partial charge in [-0.25, -0.2) is 4.98 Å². The van der Waals surface area contributed by atoms with Crippen LogP contribution in [0.2, 0.25) is 5.02 Å². The Bertz CT molecular complexity index is 997. The molecule has 10 heteroatoms. The molecule has 0 radical (unpaired) electrons. The van der Waals surface area contributed by atoms with Gasteiger partial charge >= 0.3 is 6.18 Å². The molecule has 0 aliphatic carbocycles. The fourth-order valence-electron chi connectivity index (χ4n) is 3.50. The summed E-state index contributed by atoms with van der Waals surface area (Å²) in [6, 6.07) is 5.82. The second kappa shape index (κ2) is 10.8. The van der Waals surface area contributed by atoms with E-state index in [2.05, 4.69) is 4.98 Å². The van der Waals surface area contributed by atoms with Crippen LogP contribution < -0.4 is 14.4 Å². The number of halogens is 4. The van der Waals surface area contributed by atoms with E-state index in [1.54, 1.807) is 23.1 Å². The number of ether oxygens (including phenoxy) is 2. The van der Waals surface area contributed by atoms with Gasteiger partial charge in [0.25, 0.3) is 0 Å². The predicted molar refractivity (Wildman–Crippen MR) is 121 cm³/mol. The summed E-state index contributed by atoms with van der Waals surface area (Å²) in [6.45, 7) is 4.32. The van der Waals surface area contributed by atoms with Crippen molar-refractivity contribution in [3.63, 3.8) is 0 Å². The highest BCUT2D eigenvalue weighted by Crippen LogP contribution is 2.36. The molecule has 1 fully saturated rings. The number of nitrogens with zero attached hydrogens (tertiary/aromatic N) is 3. The van der Waals surface area contributed by atoms with Gasteiger partial charge in [0.05, 0.1) is 24.3 Å². The van der Waals surface area contributed by atoms with E-state index in [0.717, 1.165) is 12.3 Å². The second-order valence-electron chi connectivity index (χ2n) is 7.37. The van der Waals surface area contributed by atoms with Crippen LogP contribution in [0.5, 0.6) is 11.5 Å². The summed E-state index contributed by atoms with van der Waals surface area (Å²) in [5.41, 5.74) is -0.0897. The van der Waals surface area contributed by atoms with E-state index in [-0.39, 0.29) is 5.91 Å². The predicted octanol–water partition coefficient (Wildman–Crippen LogP) is 4.91.